The minimum absolute atomic E-state index is 0.350. The van der Waals surface area contributed by atoms with Crippen LogP contribution in [0.1, 0.15) is 36.7 Å². The summed E-state index contributed by atoms with van der Waals surface area (Å²) in [5, 5.41) is 4.52. The molecule has 21 heavy (non-hydrogen) atoms. The average molecular weight is 303 g/mol. The van der Waals surface area contributed by atoms with Gasteiger partial charge in [0.05, 0.1) is 12.6 Å². The first-order valence-electron chi connectivity index (χ1n) is 7.50. The second-order valence-corrected chi connectivity index (χ2v) is 6.23. The van der Waals surface area contributed by atoms with Crippen molar-refractivity contribution in [3.63, 3.8) is 0 Å². The van der Waals surface area contributed by atoms with Crippen molar-refractivity contribution in [2.45, 2.75) is 31.7 Å². The number of anilines is 1. The molecule has 1 aliphatic rings. The number of benzene rings is 1. The largest absolute Gasteiger partial charge is 0.384 e. The van der Waals surface area contributed by atoms with Gasteiger partial charge in [-0.2, -0.15) is 4.37 Å². The summed E-state index contributed by atoms with van der Waals surface area (Å²) in [7, 11) is 1.70. The summed E-state index contributed by atoms with van der Waals surface area (Å²) in [6.45, 7) is 0.668. The average Bonchev–Trinajstić information content (AvgIpc) is 2.91. The zero-order valence-electron chi connectivity index (χ0n) is 12.3. The molecule has 1 atom stereocenters. The standard InChI is InChI=1S/C16H21N3OS/c1-20-11-10-14-17-16(21-19-14)18-15(13-8-5-9-13)12-6-3-2-4-7-12/h2-4,6-7,13,15H,5,8-11H2,1H3,(H,17,18,19). The molecular formula is C16H21N3OS. The fourth-order valence-corrected chi connectivity index (χ4v) is 3.30. The SMILES string of the molecule is COCCc1nsc(NC(c2ccccc2)C2CCC2)n1. The maximum atomic E-state index is 5.07. The molecule has 1 saturated carbocycles. The Morgan fingerprint density at radius 3 is 2.81 bits per heavy atom. The summed E-state index contributed by atoms with van der Waals surface area (Å²) in [6.07, 6.45) is 4.70. The predicted octanol–water partition coefficient (Wildman–Crippen LogP) is 3.68. The third-order valence-corrected chi connectivity index (χ3v) is 4.74. The number of rotatable bonds is 7. The van der Waals surface area contributed by atoms with Crippen molar-refractivity contribution in [1.82, 2.24) is 9.36 Å². The lowest BCUT2D eigenvalue weighted by Gasteiger charge is -2.34. The Labute approximate surface area is 129 Å². The van der Waals surface area contributed by atoms with Gasteiger partial charge in [0.1, 0.15) is 5.82 Å². The molecule has 1 aromatic carbocycles. The van der Waals surface area contributed by atoms with Gasteiger partial charge >= 0.3 is 0 Å². The molecule has 1 unspecified atom stereocenters. The molecule has 0 bridgehead atoms. The summed E-state index contributed by atoms with van der Waals surface area (Å²) in [5.74, 6) is 1.57. The van der Waals surface area contributed by atoms with Crippen LogP contribution in [0.15, 0.2) is 30.3 Å². The molecule has 0 spiro atoms. The second-order valence-electron chi connectivity index (χ2n) is 5.48. The van der Waals surface area contributed by atoms with E-state index in [-0.39, 0.29) is 0 Å². The first-order valence-corrected chi connectivity index (χ1v) is 8.27. The van der Waals surface area contributed by atoms with Gasteiger partial charge in [0.2, 0.25) is 5.13 Å². The van der Waals surface area contributed by atoms with Crippen molar-refractivity contribution in [3.8, 4) is 0 Å². The topological polar surface area (TPSA) is 47.0 Å². The highest BCUT2D eigenvalue weighted by molar-refractivity contribution is 7.09. The van der Waals surface area contributed by atoms with Crippen molar-refractivity contribution in [1.29, 1.82) is 0 Å². The third-order valence-electron chi connectivity index (χ3n) is 4.06. The highest BCUT2D eigenvalue weighted by Crippen LogP contribution is 2.39. The molecule has 1 heterocycles. The van der Waals surface area contributed by atoms with Crippen molar-refractivity contribution >= 4 is 16.7 Å². The molecule has 1 aliphatic carbocycles. The first kappa shape index (κ1) is 14.5. The summed E-state index contributed by atoms with van der Waals surface area (Å²) in [6, 6.07) is 11.0. The van der Waals surface area contributed by atoms with Crippen LogP contribution in [0.2, 0.25) is 0 Å². The number of nitrogens with zero attached hydrogens (tertiary/aromatic N) is 2. The fraction of sp³-hybridized carbons (Fsp3) is 0.500. The molecule has 3 rings (SSSR count). The van der Waals surface area contributed by atoms with E-state index in [9.17, 15) is 0 Å². The first-order chi connectivity index (χ1) is 10.4. The number of hydrogen-bond acceptors (Lipinski definition) is 5. The highest BCUT2D eigenvalue weighted by atomic mass is 32.1. The van der Waals surface area contributed by atoms with Gasteiger partial charge in [0.15, 0.2) is 0 Å². The lowest BCUT2D eigenvalue weighted by atomic mass is 9.77. The number of aromatic nitrogens is 2. The lowest BCUT2D eigenvalue weighted by Crippen LogP contribution is -2.26. The number of hydrogen-bond donors (Lipinski definition) is 1. The van der Waals surface area contributed by atoms with Gasteiger partial charge < -0.3 is 10.1 Å². The van der Waals surface area contributed by atoms with Gasteiger partial charge in [-0.1, -0.05) is 36.8 Å². The monoisotopic (exact) mass is 303 g/mol. The Kier molecular flexibility index (Phi) is 4.83. The van der Waals surface area contributed by atoms with E-state index in [1.165, 1.54) is 36.4 Å². The third kappa shape index (κ3) is 3.60. The molecule has 0 saturated heterocycles. The smallest absolute Gasteiger partial charge is 0.203 e. The van der Waals surface area contributed by atoms with Crippen LogP contribution in [0.4, 0.5) is 5.13 Å². The maximum absolute atomic E-state index is 5.07. The molecule has 0 amide bonds. The van der Waals surface area contributed by atoms with Crippen LogP contribution in [-0.4, -0.2) is 23.1 Å². The Balaban J connectivity index is 1.71. The molecule has 0 radical (unpaired) electrons. The number of methoxy groups -OCH3 is 1. The molecule has 1 fully saturated rings. The molecule has 2 aromatic rings. The van der Waals surface area contributed by atoms with E-state index in [0.29, 0.717) is 18.6 Å². The summed E-state index contributed by atoms with van der Waals surface area (Å²) in [4.78, 5) is 4.57. The van der Waals surface area contributed by atoms with E-state index in [1.54, 1.807) is 7.11 Å². The van der Waals surface area contributed by atoms with E-state index in [2.05, 4.69) is 45.0 Å². The molecule has 112 valence electrons. The normalized spacial score (nSPS) is 16.4. The number of nitrogens with one attached hydrogen (secondary N) is 1. The van der Waals surface area contributed by atoms with E-state index in [0.717, 1.165) is 17.4 Å². The van der Waals surface area contributed by atoms with Crippen LogP contribution in [-0.2, 0) is 11.2 Å². The molecule has 0 aliphatic heterocycles. The van der Waals surface area contributed by atoms with E-state index < -0.39 is 0 Å². The minimum Gasteiger partial charge on any atom is -0.384 e. The lowest BCUT2D eigenvalue weighted by molar-refractivity contribution is 0.201. The van der Waals surface area contributed by atoms with Gasteiger partial charge in [-0.3, -0.25) is 0 Å². The van der Waals surface area contributed by atoms with Gasteiger partial charge in [-0.05, 0) is 24.3 Å². The molecule has 5 heteroatoms. The summed E-state index contributed by atoms with van der Waals surface area (Å²) in [5.41, 5.74) is 1.34. The molecule has 1 aromatic heterocycles. The van der Waals surface area contributed by atoms with Gasteiger partial charge in [0.25, 0.3) is 0 Å². The fourth-order valence-electron chi connectivity index (χ4n) is 2.65. The Bertz CT molecular complexity index is 554. The van der Waals surface area contributed by atoms with Crippen LogP contribution in [0.5, 0.6) is 0 Å². The zero-order valence-corrected chi connectivity index (χ0v) is 13.1. The predicted molar refractivity (Wildman–Crippen MR) is 85.6 cm³/mol. The Morgan fingerprint density at radius 2 is 2.14 bits per heavy atom. The molecular weight excluding hydrogens is 282 g/mol. The van der Waals surface area contributed by atoms with Gasteiger partial charge in [-0.25, -0.2) is 4.98 Å². The van der Waals surface area contributed by atoms with Gasteiger partial charge in [-0.15, -0.1) is 0 Å². The number of ether oxygens (including phenoxy) is 1. The van der Waals surface area contributed by atoms with E-state index in [4.69, 9.17) is 4.74 Å². The van der Waals surface area contributed by atoms with Crippen LogP contribution in [0.25, 0.3) is 0 Å². The van der Waals surface area contributed by atoms with Crippen LogP contribution >= 0.6 is 11.5 Å². The van der Waals surface area contributed by atoms with Crippen LogP contribution < -0.4 is 5.32 Å². The zero-order chi connectivity index (χ0) is 14.5. The van der Waals surface area contributed by atoms with Crippen LogP contribution in [0.3, 0.4) is 0 Å². The Morgan fingerprint density at radius 1 is 1.33 bits per heavy atom. The van der Waals surface area contributed by atoms with Crippen molar-refractivity contribution in [2.24, 2.45) is 5.92 Å². The van der Waals surface area contributed by atoms with Crippen molar-refractivity contribution in [3.05, 3.63) is 41.7 Å². The summed E-state index contributed by atoms with van der Waals surface area (Å²) >= 11 is 1.45. The minimum atomic E-state index is 0.350. The van der Waals surface area contributed by atoms with Crippen LogP contribution in [0, 0.1) is 5.92 Å². The quantitative estimate of drug-likeness (QED) is 0.847. The van der Waals surface area contributed by atoms with Gasteiger partial charge in [0, 0.05) is 25.1 Å². The van der Waals surface area contributed by atoms with Crippen molar-refractivity contribution in [2.75, 3.05) is 19.0 Å². The highest BCUT2D eigenvalue weighted by Gasteiger charge is 2.29. The second kappa shape index (κ2) is 7.00. The van der Waals surface area contributed by atoms with E-state index in [1.807, 2.05) is 0 Å². The van der Waals surface area contributed by atoms with Crippen molar-refractivity contribution < 1.29 is 4.74 Å². The molecule has 1 N–H and O–H groups in total. The molecule has 4 nitrogen and oxygen atoms in total. The summed E-state index contributed by atoms with van der Waals surface area (Å²) < 4.78 is 9.47. The Hall–Kier alpha value is -1.46. The van der Waals surface area contributed by atoms with E-state index >= 15 is 0 Å². The maximum Gasteiger partial charge on any atom is 0.203 e.